The van der Waals surface area contributed by atoms with Gasteiger partial charge in [0, 0.05) is 17.0 Å². The Labute approximate surface area is 130 Å². The maximum atomic E-state index is 11.2. The molecule has 7 nitrogen and oxygen atoms in total. The Morgan fingerprint density at radius 2 is 2.19 bits per heavy atom. The van der Waals surface area contributed by atoms with Crippen LogP contribution < -0.4 is 10.1 Å². The molecule has 1 rings (SSSR count). The molecule has 0 saturated carbocycles. The van der Waals surface area contributed by atoms with Gasteiger partial charge in [-0.3, -0.25) is 14.9 Å². The van der Waals surface area contributed by atoms with Crippen molar-refractivity contribution >= 4 is 27.6 Å². The zero-order valence-corrected chi connectivity index (χ0v) is 13.5. The Bertz CT molecular complexity index is 551. The average Bonchev–Trinajstić information content (AvgIpc) is 2.37. The van der Waals surface area contributed by atoms with Crippen molar-refractivity contribution < 1.29 is 19.6 Å². The fourth-order valence-electron chi connectivity index (χ4n) is 1.87. The van der Waals surface area contributed by atoms with Gasteiger partial charge in [0.05, 0.1) is 17.1 Å². The SMILES string of the molecule is CNC(C)(CC(C)Oc1cc(Br)cc([N+](=O)[O-])c1)C(=O)O. The van der Waals surface area contributed by atoms with Crippen molar-refractivity contribution in [2.75, 3.05) is 7.05 Å². The van der Waals surface area contributed by atoms with Gasteiger partial charge in [0.2, 0.25) is 0 Å². The second kappa shape index (κ2) is 6.86. The number of hydrogen-bond acceptors (Lipinski definition) is 5. The molecule has 1 aromatic carbocycles. The lowest BCUT2D eigenvalue weighted by atomic mass is 9.95. The van der Waals surface area contributed by atoms with Crippen LogP contribution in [0.5, 0.6) is 5.75 Å². The van der Waals surface area contributed by atoms with E-state index in [1.807, 2.05) is 0 Å². The predicted molar refractivity (Wildman–Crippen MR) is 80.6 cm³/mol. The largest absolute Gasteiger partial charge is 0.490 e. The highest BCUT2D eigenvalue weighted by Crippen LogP contribution is 2.28. The van der Waals surface area contributed by atoms with Crippen LogP contribution in [-0.2, 0) is 4.79 Å². The van der Waals surface area contributed by atoms with Crippen LogP contribution in [0.25, 0.3) is 0 Å². The van der Waals surface area contributed by atoms with Crippen LogP contribution in [0, 0.1) is 10.1 Å². The molecule has 2 N–H and O–H groups in total. The van der Waals surface area contributed by atoms with Gasteiger partial charge in [-0.2, -0.15) is 0 Å². The minimum Gasteiger partial charge on any atom is -0.490 e. The smallest absolute Gasteiger partial charge is 0.323 e. The summed E-state index contributed by atoms with van der Waals surface area (Å²) in [5.74, 6) is -0.673. The van der Waals surface area contributed by atoms with E-state index in [0.717, 1.165) is 0 Å². The molecule has 0 aliphatic carbocycles. The van der Waals surface area contributed by atoms with Gasteiger partial charge in [0.1, 0.15) is 11.3 Å². The molecule has 0 fully saturated rings. The van der Waals surface area contributed by atoms with Crippen molar-refractivity contribution in [3.8, 4) is 5.75 Å². The topological polar surface area (TPSA) is 102 Å². The number of carbonyl (C=O) groups is 1. The molecule has 116 valence electrons. The molecule has 0 aromatic heterocycles. The highest BCUT2D eigenvalue weighted by molar-refractivity contribution is 9.10. The number of hydrogen-bond donors (Lipinski definition) is 2. The van der Waals surface area contributed by atoms with E-state index >= 15 is 0 Å². The fraction of sp³-hybridized carbons (Fsp3) is 0.462. The van der Waals surface area contributed by atoms with E-state index in [9.17, 15) is 20.0 Å². The first-order chi connectivity index (χ1) is 9.67. The summed E-state index contributed by atoms with van der Waals surface area (Å²) in [5, 5.41) is 22.7. The van der Waals surface area contributed by atoms with Gasteiger partial charge >= 0.3 is 5.97 Å². The minimum absolute atomic E-state index is 0.0961. The molecule has 0 aliphatic heterocycles. The van der Waals surface area contributed by atoms with Crippen LogP contribution in [0.4, 0.5) is 5.69 Å². The van der Waals surface area contributed by atoms with Gasteiger partial charge in [-0.25, -0.2) is 0 Å². The number of non-ortho nitro benzene ring substituents is 1. The first-order valence-corrected chi connectivity index (χ1v) is 7.01. The molecule has 0 radical (unpaired) electrons. The van der Waals surface area contributed by atoms with E-state index in [1.54, 1.807) is 27.0 Å². The highest BCUT2D eigenvalue weighted by atomic mass is 79.9. The van der Waals surface area contributed by atoms with Crippen molar-refractivity contribution in [1.29, 1.82) is 0 Å². The number of aliphatic carboxylic acids is 1. The minimum atomic E-state index is -1.13. The Kier molecular flexibility index (Phi) is 5.68. The number of likely N-dealkylation sites (N-methyl/N-ethyl adjacent to an activating group) is 1. The number of nitrogens with one attached hydrogen (secondary N) is 1. The molecule has 0 saturated heterocycles. The molecule has 21 heavy (non-hydrogen) atoms. The lowest BCUT2D eigenvalue weighted by Gasteiger charge is -2.27. The van der Waals surface area contributed by atoms with Crippen molar-refractivity contribution in [2.45, 2.75) is 31.9 Å². The van der Waals surface area contributed by atoms with Crippen molar-refractivity contribution in [2.24, 2.45) is 0 Å². The van der Waals surface area contributed by atoms with Crippen LogP contribution in [0.2, 0.25) is 0 Å². The van der Waals surface area contributed by atoms with Crippen molar-refractivity contribution in [3.63, 3.8) is 0 Å². The standard InChI is InChI=1S/C13H17BrN2O5/c1-8(7-13(2,15-3)12(17)18)21-11-5-9(14)4-10(6-11)16(19)20/h4-6,8,15H,7H2,1-3H3,(H,17,18). The number of halogens is 1. The Balaban J connectivity index is 2.86. The summed E-state index contributed by atoms with van der Waals surface area (Å²) >= 11 is 3.18. The van der Waals surface area contributed by atoms with Crippen LogP contribution in [-0.4, -0.2) is 34.7 Å². The second-order valence-electron chi connectivity index (χ2n) is 4.92. The molecule has 2 atom stereocenters. The first-order valence-electron chi connectivity index (χ1n) is 6.22. The molecule has 0 aliphatic rings. The van der Waals surface area contributed by atoms with E-state index in [4.69, 9.17) is 4.74 Å². The summed E-state index contributed by atoms with van der Waals surface area (Å²) in [6.07, 6.45) is -0.230. The van der Waals surface area contributed by atoms with Crippen molar-refractivity contribution in [1.82, 2.24) is 5.32 Å². The number of nitro groups is 1. The quantitative estimate of drug-likeness (QED) is 0.572. The van der Waals surface area contributed by atoms with Gasteiger partial charge in [-0.1, -0.05) is 15.9 Å². The normalized spacial score (nSPS) is 15.0. The van der Waals surface area contributed by atoms with E-state index in [1.165, 1.54) is 12.1 Å². The summed E-state index contributed by atoms with van der Waals surface area (Å²) in [7, 11) is 1.56. The third-order valence-electron chi connectivity index (χ3n) is 3.12. The summed E-state index contributed by atoms with van der Waals surface area (Å²) in [6, 6.07) is 4.27. The molecule has 0 bridgehead atoms. The highest BCUT2D eigenvalue weighted by Gasteiger charge is 2.33. The van der Waals surface area contributed by atoms with Gasteiger partial charge in [0.25, 0.3) is 5.69 Å². The number of nitro benzene ring substituents is 1. The number of rotatable bonds is 7. The van der Waals surface area contributed by atoms with E-state index in [-0.39, 0.29) is 12.1 Å². The van der Waals surface area contributed by atoms with Crippen molar-refractivity contribution in [3.05, 3.63) is 32.8 Å². The fourth-order valence-corrected chi connectivity index (χ4v) is 2.33. The van der Waals surface area contributed by atoms with Gasteiger partial charge in [-0.15, -0.1) is 0 Å². The Morgan fingerprint density at radius 3 is 2.67 bits per heavy atom. The van der Waals surface area contributed by atoms with Crippen LogP contribution in [0.3, 0.4) is 0 Å². The number of carboxylic acid groups (broad SMARTS) is 1. The molecule has 8 heteroatoms. The summed E-state index contributed by atoms with van der Waals surface area (Å²) in [5.41, 5.74) is -1.22. The maximum absolute atomic E-state index is 11.2. The lowest BCUT2D eigenvalue weighted by molar-refractivity contribution is -0.385. The zero-order valence-electron chi connectivity index (χ0n) is 11.9. The summed E-state index contributed by atoms with van der Waals surface area (Å²) < 4.78 is 6.12. The maximum Gasteiger partial charge on any atom is 0.323 e. The third kappa shape index (κ3) is 4.68. The third-order valence-corrected chi connectivity index (χ3v) is 3.58. The molecular weight excluding hydrogens is 344 g/mol. The van der Waals surface area contributed by atoms with Gasteiger partial charge in [-0.05, 0) is 27.0 Å². The van der Waals surface area contributed by atoms with Crippen LogP contribution in [0.1, 0.15) is 20.3 Å². The predicted octanol–water partition coefficient (Wildman–Crippen LogP) is 2.58. The number of ether oxygens (including phenoxy) is 1. The number of benzene rings is 1. The second-order valence-corrected chi connectivity index (χ2v) is 5.84. The monoisotopic (exact) mass is 360 g/mol. The summed E-state index contributed by atoms with van der Waals surface area (Å²) in [4.78, 5) is 21.5. The molecule has 0 heterocycles. The van der Waals surface area contributed by atoms with Crippen LogP contribution >= 0.6 is 15.9 Å². The van der Waals surface area contributed by atoms with E-state index in [2.05, 4.69) is 21.2 Å². The number of nitrogens with zero attached hydrogens (tertiary/aromatic N) is 1. The Morgan fingerprint density at radius 1 is 1.57 bits per heavy atom. The molecule has 1 aromatic rings. The first kappa shape index (κ1) is 17.4. The number of carboxylic acids is 1. The van der Waals surface area contributed by atoms with Crippen LogP contribution in [0.15, 0.2) is 22.7 Å². The molecular formula is C13H17BrN2O5. The van der Waals surface area contributed by atoms with E-state index in [0.29, 0.717) is 10.2 Å². The molecule has 2 unspecified atom stereocenters. The van der Waals surface area contributed by atoms with E-state index < -0.39 is 22.5 Å². The molecule has 0 spiro atoms. The molecule has 0 amide bonds. The lowest BCUT2D eigenvalue weighted by Crippen LogP contribution is -2.50. The van der Waals surface area contributed by atoms with Gasteiger partial charge in [0.15, 0.2) is 0 Å². The summed E-state index contributed by atoms with van der Waals surface area (Å²) in [6.45, 7) is 3.27. The average molecular weight is 361 g/mol. The van der Waals surface area contributed by atoms with Gasteiger partial charge < -0.3 is 15.2 Å². The Hall–Kier alpha value is -1.67. The zero-order chi connectivity index (χ0) is 16.2.